The van der Waals surface area contributed by atoms with Gasteiger partial charge in [-0.25, -0.2) is 0 Å². The maximum absolute atomic E-state index is 12.7. The van der Waals surface area contributed by atoms with Crippen molar-refractivity contribution in [3.8, 4) is 11.5 Å². The Morgan fingerprint density at radius 2 is 1.97 bits per heavy atom. The van der Waals surface area contributed by atoms with Gasteiger partial charge in [-0.3, -0.25) is 14.9 Å². The number of nitroso groups, excluding NO2 is 1. The van der Waals surface area contributed by atoms with Crippen LogP contribution in [0.5, 0.6) is 11.5 Å². The number of rotatable bonds is 8. The highest BCUT2D eigenvalue weighted by molar-refractivity contribution is 6.32. The lowest BCUT2D eigenvalue weighted by atomic mass is 9.98. The molecule has 2 aromatic carbocycles. The van der Waals surface area contributed by atoms with Crippen LogP contribution in [0.3, 0.4) is 0 Å². The zero-order chi connectivity index (χ0) is 21.8. The second kappa shape index (κ2) is 8.86. The van der Waals surface area contributed by atoms with E-state index >= 15 is 0 Å². The number of halogens is 4. The van der Waals surface area contributed by atoms with Crippen molar-refractivity contribution in [1.29, 1.82) is 0 Å². The van der Waals surface area contributed by atoms with E-state index in [4.69, 9.17) is 21.4 Å². The first kappa shape index (κ1) is 22.1. The van der Waals surface area contributed by atoms with Crippen LogP contribution in [-0.4, -0.2) is 22.0 Å². The largest absolute Gasteiger partial charge is 0.481 e. The number of ether oxygens (including phenoxy) is 1. The van der Waals surface area contributed by atoms with Gasteiger partial charge in [0.05, 0.1) is 10.6 Å². The first-order valence-electron chi connectivity index (χ1n) is 7.85. The van der Waals surface area contributed by atoms with Crippen molar-refractivity contribution in [2.24, 2.45) is 5.18 Å². The van der Waals surface area contributed by atoms with Crippen molar-refractivity contribution < 1.29 is 32.7 Å². The molecule has 154 valence electrons. The van der Waals surface area contributed by atoms with Gasteiger partial charge < -0.3 is 9.84 Å². The molecule has 0 bridgehead atoms. The summed E-state index contributed by atoms with van der Waals surface area (Å²) >= 11 is 5.82. The molecule has 0 aliphatic carbocycles. The van der Waals surface area contributed by atoms with Gasteiger partial charge in [-0.15, -0.1) is 4.91 Å². The van der Waals surface area contributed by atoms with Crippen LogP contribution >= 0.6 is 11.6 Å². The van der Waals surface area contributed by atoms with Gasteiger partial charge in [-0.2, -0.15) is 13.2 Å². The van der Waals surface area contributed by atoms with E-state index in [1.165, 1.54) is 24.3 Å². The summed E-state index contributed by atoms with van der Waals surface area (Å²) in [6.07, 6.45) is -5.52. The Balaban J connectivity index is 2.32. The minimum absolute atomic E-state index is 0.00323. The molecule has 8 nitrogen and oxygen atoms in total. The van der Waals surface area contributed by atoms with Gasteiger partial charge >= 0.3 is 12.1 Å². The Morgan fingerprint density at radius 3 is 2.48 bits per heavy atom. The van der Waals surface area contributed by atoms with E-state index in [-0.39, 0.29) is 22.1 Å². The molecule has 0 saturated carbocycles. The van der Waals surface area contributed by atoms with Crippen molar-refractivity contribution >= 4 is 17.6 Å². The molecule has 2 rings (SSSR count). The van der Waals surface area contributed by atoms with Gasteiger partial charge in [0.15, 0.2) is 6.04 Å². The number of hydrogen-bond acceptors (Lipinski definition) is 6. The normalized spacial score (nSPS) is 13.4. The Hall–Kier alpha value is -3.21. The lowest BCUT2D eigenvalue weighted by Gasteiger charge is -2.15. The average molecular weight is 433 g/mol. The number of nitrogens with zero attached hydrogens (tertiary/aromatic N) is 2. The summed E-state index contributed by atoms with van der Waals surface area (Å²) in [5.74, 6) is -1.59. The van der Waals surface area contributed by atoms with Crippen LogP contribution in [0.25, 0.3) is 0 Å². The second-order valence-electron chi connectivity index (χ2n) is 5.82. The Morgan fingerprint density at radius 1 is 1.28 bits per heavy atom. The molecule has 0 spiro atoms. The highest BCUT2D eigenvalue weighted by atomic mass is 35.5. The van der Waals surface area contributed by atoms with Gasteiger partial charge in [0.2, 0.25) is 0 Å². The predicted octanol–water partition coefficient (Wildman–Crippen LogP) is 5.08. The second-order valence-corrected chi connectivity index (χ2v) is 6.23. The molecule has 12 heteroatoms. The molecule has 0 aromatic heterocycles. The highest BCUT2D eigenvalue weighted by Gasteiger charge is 2.36. The lowest BCUT2D eigenvalue weighted by Crippen LogP contribution is -2.29. The maximum atomic E-state index is 12.7. The van der Waals surface area contributed by atoms with Crippen molar-refractivity contribution in [3.05, 3.63) is 73.6 Å². The number of benzene rings is 2. The summed E-state index contributed by atoms with van der Waals surface area (Å²) in [5.41, 5.74) is -0.972. The zero-order valence-corrected chi connectivity index (χ0v) is 15.1. The molecule has 0 aliphatic heterocycles. The molecule has 0 saturated heterocycles. The third kappa shape index (κ3) is 5.64. The van der Waals surface area contributed by atoms with E-state index < -0.39 is 41.1 Å². The first-order valence-corrected chi connectivity index (χ1v) is 8.23. The fourth-order valence-electron chi connectivity index (χ4n) is 2.48. The lowest BCUT2D eigenvalue weighted by molar-refractivity contribution is -0.525. The van der Waals surface area contributed by atoms with E-state index in [1.807, 2.05) is 0 Å². The number of aliphatic carboxylic acids is 1. The average Bonchev–Trinajstić information content (AvgIpc) is 2.62. The molecular weight excluding hydrogens is 421 g/mol. The first-order chi connectivity index (χ1) is 13.5. The Bertz CT molecular complexity index is 938. The Kier molecular flexibility index (Phi) is 6.75. The predicted molar refractivity (Wildman–Crippen MR) is 94.5 cm³/mol. The summed E-state index contributed by atoms with van der Waals surface area (Å²) in [5, 5.41) is 22.3. The van der Waals surface area contributed by atoms with Crippen LogP contribution in [0, 0.1) is 15.0 Å². The molecule has 2 unspecified atom stereocenters. The van der Waals surface area contributed by atoms with E-state index in [2.05, 4.69) is 5.18 Å². The molecule has 0 radical (unpaired) electrons. The van der Waals surface area contributed by atoms with Gasteiger partial charge in [0, 0.05) is 4.92 Å². The molecular formula is C17H12ClF3N2O6. The van der Waals surface area contributed by atoms with Crippen LogP contribution in [-0.2, 0) is 11.0 Å². The summed E-state index contributed by atoms with van der Waals surface area (Å²) in [6.45, 7) is 0. The number of nitro groups is 1. The highest BCUT2D eigenvalue weighted by Crippen LogP contribution is 2.37. The topological polar surface area (TPSA) is 119 Å². The van der Waals surface area contributed by atoms with E-state index in [1.54, 1.807) is 0 Å². The molecule has 0 amide bonds. The standard InChI is InChI=1S/C17H12ClF3N2O6/c18-12-7-10(17(19,20)21)4-5-14(12)29-11-3-1-2-9(6-11)16(22-26)13(23(27)28)8-15(24)25/h1-7,13,16H,8H2,(H,24,25). The minimum atomic E-state index is -4.59. The molecule has 2 aromatic rings. The minimum Gasteiger partial charge on any atom is -0.481 e. The summed E-state index contributed by atoms with van der Waals surface area (Å²) in [6, 6.07) is 4.24. The quantitative estimate of drug-likeness (QED) is 0.353. The number of alkyl halides is 3. The molecule has 29 heavy (non-hydrogen) atoms. The smallest absolute Gasteiger partial charge is 0.416 e. The molecule has 1 N–H and O–H groups in total. The van der Waals surface area contributed by atoms with Crippen LogP contribution in [0.1, 0.15) is 23.6 Å². The van der Waals surface area contributed by atoms with E-state index in [0.29, 0.717) is 6.07 Å². The van der Waals surface area contributed by atoms with Crippen LogP contribution in [0.4, 0.5) is 13.2 Å². The van der Waals surface area contributed by atoms with Crippen molar-refractivity contribution in [3.63, 3.8) is 0 Å². The zero-order valence-electron chi connectivity index (χ0n) is 14.3. The van der Waals surface area contributed by atoms with Gasteiger partial charge in [-0.1, -0.05) is 28.9 Å². The van der Waals surface area contributed by atoms with Crippen molar-refractivity contribution in [2.45, 2.75) is 24.7 Å². The Labute approximate surface area is 166 Å². The summed E-state index contributed by atoms with van der Waals surface area (Å²) < 4.78 is 43.5. The third-order valence-electron chi connectivity index (χ3n) is 3.82. The number of carboxylic acid groups (broad SMARTS) is 1. The number of hydrogen-bond donors (Lipinski definition) is 1. The van der Waals surface area contributed by atoms with E-state index in [0.717, 1.165) is 12.1 Å². The fourth-order valence-corrected chi connectivity index (χ4v) is 2.70. The third-order valence-corrected chi connectivity index (χ3v) is 4.11. The fraction of sp³-hybridized carbons (Fsp3) is 0.235. The van der Waals surface area contributed by atoms with E-state index in [9.17, 15) is 33.0 Å². The van der Waals surface area contributed by atoms with Crippen LogP contribution in [0.15, 0.2) is 47.6 Å². The van der Waals surface area contributed by atoms with Crippen molar-refractivity contribution in [1.82, 2.24) is 0 Å². The monoisotopic (exact) mass is 432 g/mol. The molecule has 2 atom stereocenters. The molecule has 0 aliphatic rings. The maximum Gasteiger partial charge on any atom is 0.416 e. The molecule has 0 heterocycles. The van der Waals surface area contributed by atoms with Crippen molar-refractivity contribution in [2.75, 3.05) is 0 Å². The van der Waals surface area contributed by atoms with Crippen LogP contribution < -0.4 is 4.74 Å². The van der Waals surface area contributed by atoms with Gasteiger partial charge in [-0.05, 0) is 35.9 Å². The van der Waals surface area contributed by atoms with Crippen LogP contribution in [0.2, 0.25) is 5.02 Å². The number of carboxylic acids is 1. The summed E-state index contributed by atoms with van der Waals surface area (Å²) in [7, 11) is 0. The SMILES string of the molecule is O=NC(c1cccc(Oc2ccc(C(F)(F)F)cc2Cl)c1)C(CC(=O)O)[N+](=O)[O-]. The van der Waals surface area contributed by atoms with Gasteiger partial charge in [0.1, 0.15) is 17.9 Å². The van der Waals surface area contributed by atoms with Gasteiger partial charge in [0.25, 0.3) is 6.04 Å². The molecule has 0 fully saturated rings. The summed E-state index contributed by atoms with van der Waals surface area (Å²) in [4.78, 5) is 32.2. The number of carbonyl (C=O) groups is 1.